The van der Waals surface area contributed by atoms with Crippen LogP contribution in [0, 0.1) is 5.92 Å². The van der Waals surface area contributed by atoms with Gasteiger partial charge in [-0.3, -0.25) is 4.79 Å². The van der Waals surface area contributed by atoms with Gasteiger partial charge in [-0.1, -0.05) is 0 Å². The summed E-state index contributed by atoms with van der Waals surface area (Å²) in [5, 5.41) is 11.9. The zero-order valence-electron chi connectivity index (χ0n) is 9.41. The minimum absolute atomic E-state index is 0.108. The van der Waals surface area contributed by atoms with Gasteiger partial charge in [0.15, 0.2) is 0 Å². The Hall–Kier alpha value is -0.610. The molecule has 15 heavy (non-hydrogen) atoms. The van der Waals surface area contributed by atoms with E-state index in [-0.39, 0.29) is 18.1 Å². The van der Waals surface area contributed by atoms with Gasteiger partial charge >= 0.3 is 0 Å². The third-order valence-electron chi connectivity index (χ3n) is 2.86. The number of nitrogens with two attached hydrogens (primary N) is 1. The van der Waals surface area contributed by atoms with E-state index in [1.165, 1.54) is 0 Å². The predicted molar refractivity (Wildman–Crippen MR) is 59.2 cm³/mol. The largest absolute Gasteiger partial charge is 0.393 e. The van der Waals surface area contributed by atoms with Gasteiger partial charge in [0.1, 0.15) is 0 Å². The van der Waals surface area contributed by atoms with Crippen LogP contribution in [0.15, 0.2) is 0 Å². The first-order chi connectivity index (χ1) is 7.08. The highest BCUT2D eigenvalue weighted by Crippen LogP contribution is 2.26. The second-order valence-electron chi connectivity index (χ2n) is 4.66. The lowest BCUT2D eigenvalue weighted by molar-refractivity contribution is -0.121. The molecular weight excluding hydrogens is 192 g/mol. The number of carbonyl (C=O) groups is 1. The molecule has 0 bridgehead atoms. The van der Waals surface area contributed by atoms with Crippen molar-refractivity contribution in [3.63, 3.8) is 0 Å². The Morgan fingerprint density at radius 2 is 2.27 bits per heavy atom. The highest BCUT2D eigenvalue weighted by Gasteiger charge is 2.26. The minimum atomic E-state index is -0.134. The number of aliphatic hydroxyl groups is 1. The second-order valence-corrected chi connectivity index (χ2v) is 4.66. The summed E-state index contributed by atoms with van der Waals surface area (Å²) in [6, 6.07) is 0.180. The third kappa shape index (κ3) is 5.14. The first-order valence-corrected chi connectivity index (χ1v) is 5.78. The number of aliphatic hydroxyl groups excluding tert-OH is 1. The second kappa shape index (κ2) is 6.08. The molecule has 0 saturated heterocycles. The van der Waals surface area contributed by atoms with Crippen molar-refractivity contribution in [1.29, 1.82) is 0 Å². The van der Waals surface area contributed by atoms with Gasteiger partial charge in [0.2, 0.25) is 5.91 Å². The van der Waals surface area contributed by atoms with E-state index in [1.54, 1.807) is 0 Å². The molecule has 1 fully saturated rings. The predicted octanol–water partition coefficient (Wildman–Crippen LogP) is 0.391. The molecule has 1 amide bonds. The van der Waals surface area contributed by atoms with Gasteiger partial charge < -0.3 is 16.2 Å². The average Bonchev–Trinajstić information content (AvgIpc) is 2.10. The van der Waals surface area contributed by atoms with Crippen molar-refractivity contribution in [2.45, 2.75) is 51.2 Å². The number of nitrogens with one attached hydrogen (secondary N) is 1. The Bertz CT molecular complexity index is 201. The fourth-order valence-electron chi connectivity index (χ4n) is 1.80. The maximum Gasteiger partial charge on any atom is 0.220 e. The molecule has 1 saturated carbocycles. The summed E-state index contributed by atoms with van der Waals surface area (Å²) in [5.41, 5.74) is 5.59. The molecule has 1 aliphatic rings. The van der Waals surface area contributed by atoms with Gasteiger partial charge in [-0.2, -0.15) is 0 Å². The fourth-order valence-corrected chi connectivity index (χ4v) is 1.80. The lowest BCUT2D eigenvalue weighted by Gasteiger charge is -2.31. The Labute approximate surface area is 91.2 Å². The maximum atomic E-state index is 11.3. The van der Waals surface area contributed by atoms with Crippen LogP contribution in [0.4, 0.5) is 0 Å². The van der Waals surface area contributed by atoms with E-state index in [0.717, 1.165) is 25.7 Å². The number of carbonyl (C=O) groups excluding carboxylic acids is 1. The minimum Gasteiger partial charge on any atom is -0.393 e. The standard InChI is InChI=1S/C11H22N2O2/c1-8(12)3-2-4-11(15)13-7-9-5-10(14)6-9/h8-10,14H,2-7,12H2,1H3,(H,13,15). The Morgan fingerprint density at radius 3 is 2.80 bits per heavy atom. The molecule has 0 radical (unpaired) electrons. The summed E-state index contributed by atoms with van der Waals surface area (Å²) in [5.74, 6) is 0.592. The van der Waals surface area contributed by atoms with E-state index in [2.05, 4.69) is 5.32 Å². The molecule has 0 aromatic heterocycles. The average molecular weight is 214 g/mol. The van der Waals surface area contributed by atoms with Crippen molar-refractivity contribution in [1.82, 2.24) is 5.32 Å². The highest BCUT2D eigenvalue weighted by molar-refractivity contribution is 5.75. The summed E-state index contributed by atoms with van der Waals surface area (Å²) in [7, 11) is 0. The molecule has 4 nitrogen and oxygen atoms in total. The fraction of sp³-hybridized carbons (Fsp3) is 0.909. The van der Waals surface area contributed by atoms with Crippen LogP contribution in [0.25, 0.3) is 0 Å². The molecular formula is C11H22N2O2. The van der Waals surface area contributed by atoms with Gasteiger partial charge in [0.25, 0.3) is 0 Å². The van der Waals surface area contributed by atoms with Crippen LogP contribution in [-0.2, 0) is 4.79 Å². The molecule has 1 aliphatic carbocycles. The molecule has 4 heteroatoms. The third-order valence-corrected chi connectivity index (χ3v) is 2.86. The van der Waals surface area contributed by atoms with E-state index in [9.17, 15) is 4.79 Å². The summed E-state index contributed by atoms with van der Waals surface area (Å²) in [6.45, 7) is 2.67. The molecule has 4 N–H and O–H groups in total. The summed E-state index contributed by atoms with van der Waals surface area (Å²) in [6.07, 6.45) is 3.86. The van der Waals surface area contributed by atoms with Crippen LogP contribution in [0.2, 0.25) is 0 Å². The smallest absolute Gasteiger partial charge is 0.220 e. The van der Waals surface area contributed by atoms with E-state index in [4.69, 9.17) is 10.8 Å². The van der Waals surface area contributed by atoms with Crippen molar-refractivity contribution < 1.29 is 9.90 Å². The first-order valence-electron chi connectivity index (χ1n) is 5.78. The zero-order valence-corrected chi connectivity index (χ0v) is 9.41. The number of rotatable bonds is 6. The van der Waals surface area contributed by atoms with Crippen molar-refractivity contribution in [2.24, 2.45) is 11.7 Å². The van der Waals surface area contributed by atoms with Crippen molar-refractivity contribution >= 4 is 5.91 Å². The quantitative estimate of drug-likeness (QED) is 0.599. The summed E-state index contributed by atoms with van der Waals surface area (Å²) in [4.78, 5) is 11.3. The van der Waals surface area contributed by atoms with Crippen molar-refractivity contribution in [3.05, 3.63) is 0 Å². The van der Waals surface area contributed by atoms with E-state index >= 15 is 0 Å². The van der Waals surface area contributed by atoms with Crippen molar-refractivity contribution in [2.75, 3.05) is 6.54 Å². The molecule has 1 rings (SSSR count). The van der Waals surface area contributed by atoms with Gasteiger partial charge in [0, 0.05) is 19.0 Å². The number of hydrogen-bond donors (Lipinski definition) is 3. The van der Waals surface area contributed by atoms with Gasteiger partial charge in [-0.05, 0) is 38.5 Å². The number of hydrogen-bond acceptors (Lipinski definition) is 3. The molecule has 1 unspecified atom stereocenters. The van der Waals surface area contributed by atoms with Gasteiger partial charge in [-0.15, -0.1) is 0 Å². The molecule has 0 aromatic carbocycles. The highest BCUT2D eigenvalue weighted by atomic mass is 16.3. The van der Waals surface area contributed by atoms with Gasteiger partial charge in [0.05, 0.1) is 6.10 Å². The zero-order chi connectivity index (χ0) is 11.3. The van der Waals surface area contributed by atoms with Crippen LogP contribution >= 0.6 is 0 Å². The lowest BCUT2D eigenvalue weighted by Crippen LogP contribution is -2.38. The first kappa shape index (κ1) is 12.5. The summed E-state index contributed by atoms with van der Waals surface area (Å²) >= 11 is 0. The van der Waals surface area contributed by atoms with Crippen molar-refractivity contribution in [3.8, 4) is 0 Å². The monoisotopic (exact) mass is 214 g/mol. The molecule has 0 spiro atoms. The Kier molecular flexibility index (Phi) is 5.05. The van der Waals surface area contributed by atoms with E-state index in [0.29, 0.717) is 18.9 Å². The molecule has 1 atom stereocenters. The van der Waals surface area contributed by atoms with Crippen LogP contribution < -0.4 is 11.1 Å². The summed E-state index contributed by atoms with van der Waals surface area (Å²) < 4.78 is 0. The topological polar surface area (TPSA) is 75.4 Å². The normalized spacial score (nSPS) is 26.9. The Balaban J connectivity index is 1.94. The molecule has 0 aliphatic heterocycles. The Morgan fingerprint density at radius 1 is 1.60 bits per heavy atom. The molecule has 0 heterocycles. The van der Waals surface area contributed by atoms with Crippen LogP contribution in [0.1, 0.15) is 39.0 Å². The van der Waals surface area contributed by atoms with E-state index < -0.39 is 0 Å². The van der Waals surface area contributed by atoms with Gasteiger partial charge in [-0.25, -0.2) is 0 Å². The van der Waals surface area contributed by atoms with Crippen LogP contribution in [-0.4, -0.2) is 29.7 Å². The molecule has 0 aromatic rings. The lowest BCUT2D eigenvalue weighted by atomic mass is 9.82. The SMILES string of the molecule is CC(N)CCCC(=O)NCC1CC(O)C1. The number of amides is 1. The van der Waals surface area contributed by atoms with Crippen LogP contribution in [0.3, 0.4) is 0 Å². The molecule has 88 valence electrons. The maximum absolute atomic E-state index is 11.3. The van der Waals surface area contributed by atoms with Crippen LogP contribution in [0.5, 0.6) is 0 Å². The van der Waals surface area contributed by atoms with E-state index in [1.807, 2.05) is 6.92 Å².